The topological polar surface area (TPSA) is 21.3 Å². The molecule has 0 fully saturated rings. The molecule has 3 heteroatoms. The highest BCUT2D eigenvalue weighted by Crippen LogP contribution is 2.20. The number of hydrogen-bond donors (Lipinski definition) is 1. The van der Waals surface area contributed by atoms with E-state index in [0.29, 0.717) is 6.04 Å². The minimum absolute atomic E-state index is 0.388. The Hall–Kier alpha value is -1.32. The molecule has 2 nitrogen and oxygen atoms in total. The molecule has 0 radical (unpaired) electrons. The van der Waals surface area contributed by atoms with E-state index in [1.54, 1.807) is 18.4 Å². The summed E-state index contributed by atoms with van der Waals surface area (Å²) < 4.78 is 5.27. The molecule has 18 heavy (non-hydrogen) atoms. The van der Waals surface area contributed by atoms with Crippen LogP contribution in [0.2, 0.25) is 0 Å². The van der Waals surface area contributed by atoms with Gasteiger partial charge in [0.1, 0.15) is 5.75 Å². The second kappa shape index (κ2) is 6.03. The van der Waals surface area contributed by atoms with E-state index in [-0.39, 0.29) is 0 Å². The largest absolute Gasteiger partial charge is 0.496 e. The fourth-order valence-electron chi connectivity index (χ4n) is 1.96. The highest BCUT2D eigenvalue weighted by atomic mass is 32.1. The molecule has 1 heterocycles. The van der Waals surface area contributed by atoms with Crippen molar-refractivity contribution in [3.8, 4) is 5.75 Å². The van der Waals surface area contributed by atoms with E-state index in [1.165, 1.54) is 16.7 Å². The molecule has 1 aromatic carbocycles. The first-order valence-corrected chi connectivity index (χ1v) is 7.04. The highest BCUT2D eigenvalue weighted by Gasteiger charge is 2.05. The van der Waals surface area contributed by atoms with E-state index >= 15 is 0 Å². The van der Waals surface area contributed by atoms with Gasteiger partial charge in [-0.1, -0.05) is 12.1 Å². The second-order valence-electron chi connectivity index (χ2n) is 4.46. The van der Waals surface area contributed by atoms with Crippen LogP contribution in [0, 0.1) is 6.92 Å². The molecule has 0 aliphatic rings. The summed E-state index contributed by atoms with van der Waals surface area (Å²) in [5, 5.41) is 7.84. The normalized spacial score (nSPS) is 12.4. The van der Waals surface area contributed by atoms with Crippen molar-refractivity contribution < 1.29 is 4.74 Å². The predicted molar refractivity (Wildman–Crippen MR) is 77.3 cm³/mol. The van der Waals surface area contributed by atoms with Crippen molar-refractivity contribution in [3.05, 3.63) is 51.7 Å². The van der Waals surface area contributed by atoms with Gasteiger partial charge in [-0.25, -0.2) is 0 Å². The zero-order chi connectivity index (χ0) is 13.0. The zero-order valence-electron chi connectivity index (χ0n) is 11.1. The number of aryl methyl sites for hydroxylation is 1. The van der Waals surface area contributed by atoms with Crippen LogP contribution < -0.4 is 10.1 Å². The van der Waals surface area contributed by atoms with Crippen molar-refractivity contribution in [2.45, 2.75) is 26.4 Å². The van der Waals surface area contributed by atoms with E-state index in [2.05, 4.69) is 48.1 Å². The van der Waals surface area contributed by atoms with Gasteiger partial charge < -0.3 is 10.1 Å². The summed E-state index contributed by atoms with van der Waals surface area (Å²) in [6.45, 7) is 5.14. The number of hydrogen-bond acceptors (Lipinski definition) is 3. The van der Waals surface area contributed by atoms with Crippen LogP contribution in [0.5, 0.6) is 5.75 Å². The van der Waals surface area contributed by atoms with Crippen molar-refractivity contribution in [3.63, 3.8) is 0 Å². The Kier molecular flexibility index (Phi) is 4.39. The molecule has 0 amide bonds. The number of nitrogens with one attached hydrogen (secondary N) is 1. The number of ether oxygens (including phenoxy) is 1. The Balaban J connectivity index is 1.96. The van der Waals surface area contributed by atoms with Crippen molar-refractivity contribution >= 4 is 11.3 Å². The average Bonchev–Trinajstić information content (AvgIpc) is 2.90. The van der Waals surface area contributed by atoms with E-state index in [9.17, 15) is 0 Å². The van der Waals surface area contributed by atoms with Crippen molar-refractivity contribution in [2.75, 3.05) is 7.11 Å². The van der Waals surface area contributed by atoms with Crippen molar-refractivity contribution in [1.82, 2.24) is 5.32 Å². The number of rotatable bonds is 5. The first-order chi connectivity index (χ1) is 8.70. The van der Waals surface area contributed by atoms with Gasteiger partial charge in [0.25, 0.3) is 0 Å². The Morgan fingerprint density at radius 2 is 2.17 bits per heavy atom. The number of thiophene rings is 1. The fourth-order valence-corrected chi connectivity index (χ4v) is 2.71. The SMILES string of the molecule is COc1ccc(CNC(C)c2ccsc2)cc1C. The molecule has 1 unspecified atom stereocenters. The van der Waals surface area contributed by atoms with Gasteiger partial charge in [-0.05, 0) is 53.4 Å². The van der Waals surface area contributed by atoms with Gasteiger partial charge in [0.05, 0.1) is 7.11 Å². The average molecular weight is 261 g/mol. The summed E-state index contributed by atoms with van der Waals surface area (Å²) in [4.78, 5) is 0. The first-order valence-electron chi connectivity index (χ1n) is 6.09. The number of benzene rings is 1. The van der Waals surface area contributed by atoms with Crippen molar-refractivity contribution in [1.29, 1.82) is 0 Å². The molecular weight excluding hydrogens is 242 g/mol. The lowest BCUT2D eigenvalue weighted by Crippen LogP contribution is -2.17. The lowest BCUT2D eigenvalue weighted by atomic mass is 10.1. The molecular formula is C15H19NOS. The Morgan fingerprint density at radius 1 is 1.33 bits per heavy atom. The summed E-state index contributed by atoms with van der Waals surface area (Å²) in [7, 11) is 1.71. The molecule has 1 atom stereocenters. The monoisotopic (exact) mass is 261 g/mol. The van der Waals surface area contributed by atoms with Gasteiger partial charge in [0.2, 0.25) is 0 Å². The van der Waals surface area contributed by atoms with Crippen LogP contribution in [0.3, 0.4) is 0 Å². The Bertz CT molecular complexity index is 493. The third kappa shape index (κ3) is 3.12. The maximum Gasteiger partial charge on any atom is 0.121 e. The second-order valence-corrected chi connectivity index (χ2v) is 5.24. The molecule has 0 spiro atoms. The smallest absolute Gasteiger partial charge is 0.121 e. The molecule has 0 saturated carbocycles. The lowest BCUT2D eigenvalue weighted by molar-refractivity contribution is 0.411. The summed E-state index contributed by atoms with van der Waals surface area (Å²) in [6, 6.07) is 8.87. The van der Waals surface area contributed by atoms with Crippen LogP contribution in [0.4, 0.5) is 0 Å². The van der Waals surface area contributed by atoms with Crippen LogP contribution in [0.15, 0.2) is 35.0 Å². The quantitative estimate of drug-likeness (QED) is 0.881. The van der Waals surface area contributed by atoms with Crippen molar-refractivity contribution in [2.24, 2.45) is 0 Å². The molecule has 0 saturated heterocycles. The maximum absolute atomic E-state index is 5.27. The summed E-state index contributed by atoms with van der Waals surface area (Å²) in [5.41, 5.74) is 3.82. The third-order valence-corrected chi connectivity index (χ3v) is 3.82. The maximum atomic E-state index is 5.27. The van der Waals surface area contributed by atoms with Gasteiger partial charge in [-0.3, -0.25) is 0 Å². The third-order valence-electron chi connectivity index (χ3n) is 3.11. The number of methoxy groups -OCH3 is 1. The van der Waals surface area contributed by atoms with E-state index < -0.39 is 0 Å². The van der Waals surface area contributed by atoms with Crippen LogP contribution >= 0.6 is 11.3 Å². The first kappa shape index (κ1) is 13.1. The molecule has 0 aliphatic carbocycles. The zero-order valence-corrected chi connectivity index (χ0v) is 11.9. The highest BCUT2D eigenvalue weighted by molar-refractivity contribution is 7.07. The van der Waals surface area contributed by atoms with Crippen LogP contribution in [0.1, 0.15) is 29.7 Å². The fraction of sp³-hybridized carbons (Fsp3) is 0.333. The molecule has 2 rings (SSSR count). The standard InChI is InChI=1S/C15H19NOS/c1-11-8-13(4-5-15(11)17-3)9-16-12(2)14-6-7-18-10-14/h4-8,10,12,16H,9H2,1-3H3. The van der Waals surface area contributed by atoms with Gasteiger partial charge in [0, 0.05) is 12.6 Å². The molecule has 96 valence electrons. The van der Waals surface area contributed by atoms with Gasteiger partial charge in [-0.15, -0.1) is 0 Å². The summed E-state index contributed by atoms with van der Waals surface area (Å²) >= 11 is 1.74. The molecule has 2 aromatic rings. The minimum atomic E-state index is 0.388. The van der Waals surface area contributed by atoms with E-state index in [1.807, 2.05) is 6.07 Å². The lowest BCUT2D eigenvalue weighted by Gasteiger charge is -2.13. The van der Waals surface area contributed by atoms with Crippen LogP contribution in [-0.2, 0) is 6.54 Å². The molecule has 0 aliphatic heterocycles. The molecule has 1 N–H and O–H groups in total. The summed E-state index contributed by atoms with van der Waals surface area (Å²) in [5.74, 6) is 0.949. The van der Waals surface area contributed by atoms with E-state index in [4.69, 9.17) is 4.74 Å². The minimum Gasteiger partial charge on any atom is -0.496 e. The predicted octanol–water partition coefficient (Wildman–Crippen LogP) is 3.92. The van der Waals surface area contributed by atoms with Crippen LogP contribution in [-0.4, -0.2) is 7.11 Å². The Labute approximate surface area is 113 Å². The molecule has 0 bridgehead atoms. The van der Waals surface area contributed by atoms with Crippen LogP contribution in [0.25, 0.3) is 0 Å². The van der Waals surface area contributed by atoms with Gasteiger partial charge in [0.15, 0.2) is 0 Å². The van der Waals surface area contributed by atoms with Gasteiger partial charge in [-0.2, -0.15) is 11.3 Å². The van der Waals surface area contributed by atoms with Gasteiger partial charge >= 0.3 is 0 Å². The summed E-state index contributed by atoms with van der Waals surface area (Å²) in [6.07, 6.45) is 0. The molecule has 1 aromatic heterocycles. The Morgan fingerprint density at radius 3 is 2.78 bits per heavy atom. The van der Waals surface area contributed by atoms with E-state index in [0.717, 1.165) is 12.3 Å².